The first-order valence-electron chi connectivity index (χ1n) is 15.4. The summed E-state index contributed by atoms with van der Waals surface area (Å²) in [4.78, 5) is 0. The van der Waals surface area contributed by atoms with Crippen molar-refractivity contribution in [1.82, 2.24) is 9.13 Å². The largest absolute Gasteiger partial charge is 0.309 e. The molecule has 3 heteroatoms. The number of nitrogens with zero attached hydrogens (tertiary/aromatic N) is 2. The van der Waals surface area contributed by atoms with Gasteiger partial charge in [0.15, 0.2) is 0 Å². The Hall–Kier alpha value is -5.64. The van der Waals surface area contributed by atoms with Crippen LogP contribution >= 0.6 is 11.3 Å². The summed E-state index contributed by atoms with van der Waals surface area (Å²) in [5.74, 6) is 0. The molecule has 0 spiro atoms. The second kappa shape index (κ2) is 9.43. The topological polar surface area (TPSA) is 9.86 Å². The first-order chi connectivity index (χ1) is 22.3. The molecule has 7 aromatic carbocycles. The second-order valence-electron chi connectivity index (χ2n) is 11.8. The van der Waals surface area contributed by atoms with Gasteiger partial charge in [-0.15, -0.1) is 11.3 Å². The molecule has 0 radical (unpaired) electrons. The van der Waals surface area contributed by atoms with Crippen LogP contribution in [0.3, 0.4) is 0 Å². The Kier molecular flexibility index (Phi) is 5.19. The molecule has 2 nitrogen and oxygen atoms in total. The van der Waals surface area contributed by atoms with Gasteiger partial charge in [-0.2, -0.15) is 0 Å². The van der Waals surface area contributed by atoms with Gasteiger partial charge in [0, 0.05) is 53.1 Å². The molecule has 3 heterocycles. The van der Waals surface area contributed by atoms with E-state index < -0.39 is 0 Å². The van der Waals surface area contributed by atoms with Gasteiger partial charge in [0.05, 0.1) is 22.1 Å². The number of benzene rings is 7. The number of para-hydroxylation sites is 2. The van der Waals surface area contributed by atoms with Crippen molar-refractivity contribution in [2.45, 2.75) is 0 Å². The Morgan fingerprint density at radius 1 is 0.311 bits per heavy atom. The smallest absolute Gasteiger partial charge is 0.0562 e. The average Bonchev–Trinajstić information content (AvgIpc) is 3.74. The van der Waals surface area contributed by atoms with Crippen molar-refractivity contribution in [3.63, 3.8) is 0 Å². The molecule has 10 rings (SSSR count). The van der Waals surface area contributed by atoms with Crippen LogP contribution in [-0.2, 0) is 0 Å². The molecule has 0 atom stereocenters. The van der Waals surface area contributed by atoms with Crippen LogP contribution < -0.4 is 0 Å². The molecule has 0 unspecified atom stereocenters. The zero-order valence-electron chi connectivity index (χ0n) is 24.3. The summed E-state index contributed by atoms with van der Waals surface area (Å²) in [6, 6.07) is 57.7. The Bertz CT molecular complexity index is 2740. The summed E-state index contributed by atoms with van der Waals surface area (Å²) in [7, 11) is 0. The van der Waals surface area contributed by atoms with Crippen molar-refractivity contribution in [3.8, 4) is 22.5 Å². The first-order valence-corrected chi connectivity index (χ1v) is 16.2. The predicted molar refractivity (Wildman–Crippen MR) is 193 cm³/mol. The van der Waals surface area contributed by atoms with E-state index in [-0.39, 0.29) is 0 Å². The Balaban J connectivity index is 1.26. The van der Waals surface area contributed by atoms with Crippen LogP contribution in [-0.4, -0.2) is 9.13 Å². The zero-order chi connectivity index (χ0) is 29.5. The van der Waals surface area contributed by atoms with E-state index in [1.165, 1.54) is 80.6 Å². The van der Waals surface area contributed by atoms with Gasteiger partial charge in [-0.05, 0) is 65.7 Å². The molecule has 210 valence electrons. The number of hydrogen-bond donors (Lipinski definition) is 0. The molecule has 45 heavy (non-hydrogen) atoms. The van der Waals surface area contributed by atoms with Crippen molar-refractivity contribution in [2.75, 3.05) is 0 Å². The van der Waals surface area contributed by atoms with E-state index in [0.29, 0.717) is 0 Å². The monoisotopic (exact) mass is 590 g/mol. The molecule has 0 fully saturated rings. The van der Waals surface area contributed by atoms with Crippen LogP contribution in [0, 0.1) is 0 Å². The SMILES string of the molecule is c1ccc(-c2ccc(-n3c4ccccc4c4cc5c6ccccc6n(-c6ccc7c(c6)sc6ccccc67)c5cc43)cc2)cc1. The minimum absolute atomic E-state index is 1.16. The maximum Gasteiger partial charge on any atom is 0.0562 e. The summed E-state index contributed by atoms with van der Waals surface area (Å²) < 4.78 is 7.52. The van der Waals surface area contributed by atoms with Crippen molar-refractivity contribution >= 4 is 75.1 Å². The Morgan fingerprint density at radius 2 is 0.844 bits per heavy atom. The first kappa shape index (κ1) is 24.8. The third-order valence-electron chi connectivity index (χ3n) is 9.32. The number of rotatable bonds is 3. The number of hydrogen-bond acceptors (Lipinski definition) is 1. The summed E-state index contributed by atoms with van der Waals surface area (Å²) >= 11 is 1.87. The fourth-order valence-corrected chi connectivity index (χ4v) is 8.41. The lowest BCUT2D eigenvalue weighted by Gasteiger charge is -2.11. The zero-order valence-corrected chi connectivity index (χ0v) is 25.1. The molecule has 10 aromatic rings. The fraction of sp³-hybridized carbons (Fsp3) is 0. The summed E-state index contributed by atoms with van der Waals surface area (Å²) in [5.41, 5.74) is 9.67. The minimum Gasteiger partial charge on any atom is -0.309 e. The van der Waals surface area contributed by atoms with Gasteiger partial charge < -0.3 is 9.13 Å². The van der Waals surface area contributed by atoms with Crippen LogP contribution in [0.1, 0.15) is 0 Å². The van der Waals surface area contributed by atoms with E-state index in [1.807, 2.05) is 11.3 Å². The van der Waals surface area contributed by atoms with Gasteiger partial charge in [0.2, 0.25) is 0 Å². The molecule has 3 aromatic heterocycles. The molecule has 0 aliphatic rings. The maximum absolute atomic E-state index is 2.45. The highest BCUT2D eigenvalue weighted by Crippen LogP contribution is 2.41. The van der Waals surface area contributed by atoms with Crippen LogP contribution in [0.2, 0.25) is 0 Å². The predicted octanol–water partition coefficient (Wildman–Crippen LogP) is 11.9. The van der Waals surface area contributed by atoms with Gasteiger partial charge in [0.25, 0.3) is 0 Å². The average molecular weight is 591 g/mol. The highest BCUT2D eigenvalue weighted by molar-refractivity contribution is 7.25. The van der Waals surface area contributed by atoms with Crippen LogP contribution in [0.4, 0.5) is 0 Å². The van der Waals surface area contributed by atoms with E-state index in [2.05, 4.69) is 167 Å². The minimum atomic E-state index is 1.16. The lowest BCUT2D eigenvalue weighted by Crippen LogP contribution is -1.96. The van der Waals surface area contributed by atoms with Crippen molar-refractivity contribution in [3.05, 3.63) is 158 Å². The van der Waals surface area contributed by atoms with Crippen molar-refractivity contribution < 1.29 is 0 Å². The highest BCUT2D eigenvalue weighted by atomic mass is 32.1. The molecular weight excluding hydrogens is 565 g/mol. The lowest BCUT2D eigenvalue weighted by molar-refractivity contribution is 1.17. The standard InChI is InChI=1S/C42H26N2S/c1-2-10-27(11-3-1)28-18-20-29(21-19-28)43-37-15-7-4-12-31(37)35-25-36-32-13-5-8-16-38(32)44(40(36)26-39(35)43)30-22-23-34-33-14-6-9-17-41(33)45-42(34)24-30/h1-26H. The summed E-state index contributed by atoms with van der Waals surface area (Å²) in [6.07, 6.45) is 0. The van der Waals surface area contributed by atoms with E-state index >= 15 is 0 Å². The van der Waals surface area contributed by atoms with Crippen LogP contribution in [0.25, 0.3) is 86.3 Å². The highest BCUT2D eigenvalue weighted by Gasteiger charge is 2.19. The van der Waals surface area contributed by atoms with Gasteiger partial charge in [-0.25, -0.2) is 0 Å². The molecule has 0 saturated heterocycles. The molecular formula is C42H26N2S. The number of thiophene rings is 1. The third-order valence-corrected chi connectivity index (χ3v) is 10.5. The Labute approximate surface area is 263 Å². The van der Waals surface area contributed by atoms with Crippen molar-refractivity contribution in [1.29, 1.82) is 0 Å². The van der Waals surface area contributed by atoms with Gasteiger partial charge in [-0.3, -0.25) is 0 Å². The number of aromatic nitrogens is 2. The fourth-order valence-electron chi connectivity index (χ4n) is 7.27. The summed E-state index contributed by atoms with van der Waals surface area (Å²) in [6.45, 7) is 0. The molecule has 0 aliphatic carbocycles. The quantitative estimate of drug-likeness (QED) is 0.194. The van der Waals surface area contributed by atoms with E-state index in [9.17, 15) is 0 Å². The van der Waals surface area contributed by atoms with Crippen LogP contribution in [0.5, 0.6) is 0 Å². The molecule has 0 N–H and O–H groups in total. The molecule has 0 bridgehead atoms. The summed E-state index contributed by atoms with van der Waals surface area (Å²) in [5, 5.41) is 7.74. The Morgan fingerprint density at radius 3 is 1.56 bits per heavy atom. The molecule has 0 amide bonds. The maximum atomic E-state index is 2.45. The van der Waals surface area contributed by atoms with Crippen molar-refractivity contribution in [2.24, 2.45) is 0 Å². The third kappa shape index (κ3) is 3.62. The molecule has 0 aliphatic heterocycles. The van der Waals surface area contributed by atoms with E-state index in [4.69, 9.17) is 0 Å². The van der Waals surface area contributed by atoms with Gasteiger partial charge in [0.1, 0.15) is 0 Å². The van der Waals surface area contributed by atoms with Gasteiger partial charge >= 0.3 is 0 Å². The second-order valence-corrected chi connectivity index (χ2v) is 12.9. The van der Waals surface area contributed by atoms with Gasteiger partial charge in [-0.1, -0.05) is 103 Å². The molecule has 0 saturated carbocycles. The normalized spacial score (nSPS) is 12.0. The van der Waals surface area contributed by atoms with E-state index in [1.54, 1.807) is 0 Å². The lowest BCUT2D eigenvalue weighted by atomic mass is 10.1. The van der Waals surface area contributed by atoms with E-state index in [0.717, 1.165) is 5.69 Å². The van der Waals surface area contributed by atoms with Crippen LogP contribution in [0.15, 0.2) is 158 Å². The number of fused-ring (bicyclic) bond motifs is 9.